The van der Waals surface area contributed by atoms with E-state index in [1.165, 1.54) is 12.3 Å². The van der Waals surface area contributed by atoms with Crippen LogP contribution in [-0.4, -0.2) is 17.5 Å². The van der Waals surface area contributed by atoms with Crippen molar-refractivity contribution >= 4 is 17.3 Å². The minimum Gasteiger partial charge on any atom is -0.405 e. The number of carbonyl (C=O) groups excluding carboxylic acids is 1. The van der Waals surface area contributed by atoms with Crippen LogP contribution in [0, 0.1) is 0 Å². The Balaban J connectivity index is 2.60. The highest BCUT2D eigenvalue weighted by molar-refractivity contribution is 5.74. The summed E-state index contributed by atoms with van der Waals surface area (Å²) in [4.78, 5) is 15.0. The predicted molar refractivity (Wildman–Crippen MR) is 57.0 cm³/mol. The van der Waals surface area contributed by atoms with E-state index in [0.717, 1.165) is 0 Å². The lowest BCUT2D eigenvalue weighted by atomic mass is 10.3. The van der Waals surface area contributed by atoms with Crippen molar-refractivity contribution in [2.45, 2.75) is 12.8 Å². The van der Waals surface area contributed by atoms with Gasteiger partial charge in [-0.3, -0.25) is 4.79 Å². The van der Waals surface area contributed by atoms with E-state index < -0.39 is 5.97 Å². The lowest BCUT2D eigenvalue weighted by molar-refractivity contribution is -0.134. The fourth-order valence-corrected chi connectivity index (χ4v) is 0.977. The predicted octanol–water partition coefficient (Wildman–Crippen LogP) is -0.110. The summed E-state index contributed by atoms with van der Waals surface area (Å²) in [7, 11) is 0. The van der Waals surface area contributed by atoms with Gasteiger partial charge in [0.1, 0.15) is 0 Å². The Morgan fingerprint density at radius 2 is 2.20 bits per heavy atom. The van der Waals surface area contributed by atoms with Crippen LogP contribution in [0.4, 0.5) is 11.4 Å². The summed E-state index contributed by atoms with van der Waals surface area (Å²) in [5, 5.41) is 0. The molecule has 0 unspecified atom stereocenters. The minimum atomic E-state index is -0.399. The van der Waals surface area contributed by atoms with E-state index in [-0.39, 0.29) is 18.0 Å². The normalized spacial score (nSPS) is 9.93. The van der Waals surface area contributed by atoms with Gasteiger partial charge in [0, 0.05) is 6.42 Å². The smallest absolute Gasteiger partial charge is 0.312 e. The second kappa shape index (κ2) is 5.16. The van der Waals surface area contributed by atoms with Crippen molar-refractivity contribution < 1.29 is 9.53 Å². The third-order valence-electron chi connectivity index (χ3n) is 1.70. The quantitative estimate of drug-likeness (QED) is 0.597. The molecule has 0 fully saturated rings. The van der Waals surface area contributed by atoms with E-state index in [1.807, 2.05) is 0 Å². The molecule has 1 rings (SSSR count). The molecule has 0 saturated carbocycles. The van der Waals surface area contributed by atoms with E-state index in [1.54, 1.807) is 0 Å². The SMILES string of the molecule is NCCCC(=O)Oc1ncc(N)cc1N. The van der Waals surface area contributed by atoms with Gasteiger partial charge < -0.3 is 21.9 Å². The van der Waals surface area contributed by atoms with Gasteiger partial charge in [0.2, 0.25) is 5.88 Å². The molecule has 0 radical (unpaired) electrons. The first-order chi connectivity index (χ1) is 7.13. The van der Waals surface area contributed by atoms with Crippen LogP contribution in [0.5, 0.6) is 5.88 Å². The molecular formula is C9H14N4O2. The first-order valence-corrected chi connectivity index (χ1v) is 4.55. The maximum absolute atomic E-state index is 11.2. The van der Waals surface area contributed by atoms with Gasteiger partial charge in [0.15, 0.2) is 0 Å². The number of nitrogen functional groups attached to an aromatic ring is 2. The van der Waals surface area contributed by atoms with Crippen molar-refractivity contribution in [1.29, 1.82) is 0 Å². The lowest BCUT2D eigenvalue weighted by Gasteiger charge is -2.05. The molecular weight excluding hydrogens is 196 g/mol. The zero-order valence-electron chi connectivity index (χ0n) is 8.27. The van der Waals surface area contributed by atoms with Gasteiger partial charge in [-0.2, -0.15) is 0 Å². The molecule has 0 atom stereocenters. The fourth-order valence-electron chi connectivity index (χ4n) is 0.977. The van der Waals surface area contributed by atoms with Gasteiger partial charge in [-0.1, -0.05) is 0 Å². The summed E-state index contributed by atoms with van der Waals surface area (Å²) in [6, 6.07) is 1.48. The first kappa shape index (κ1) is 11.3. The van der Waals surface area contributed by atoms with Gasteiger partial charge in [-0.25, -0.2) is 4.98 Å². The van der Waals surface area contributed by atoms with Crippen LogP contribution < -0.4 is 21.9 Å². The summed E-state index contributed by atoms with van der Waals surface area (Å²) >= 11 is 0. The average molecular weight is 210 g/mol. The second-order valence-corrected chi connectivity index (χ2v) is 3.03. The number of esters is 1. The highest BCUT2D eigenvalue weighted by Crippen LogP contribution is 2.20. The van der Waals surface area contributed by atoms with Crippen LogP contribution in [-0.2, 0) is 4.79 Å². The van der Waals surface area contributed by atoms with Crippen molar-refractivity contribution in [3.8, 4) is 5.88 Å². The summed E-state index contributed by atoms with van der Waals surface area (Å²) in [5.74, 6) is -0.310. The second-order valence-electron chi connectivity index (χ2n) is 3.03. The molecule has 6 N–H and O–H groups in total. The number of rotatable bonds is 4. The molecule has 0 aliphatic heterocycles. The molecule has 6 nitrogen and oxygen atoms in total. The monoisotopic (exact) mass is 210 g/mol. The Morgan fingerprint density at radius 3 is 2.80 bits per heavy atom. The summed E-state index contributed by atoms with van der Waals surface area (Å²) in [5.41, 5.74) is 16.9. The van der Waals surface area contributed by atoms with Crippen molar-refractivity contribution in [3.63, 3.8) is 0 Å². The van der Waals surface area contributed by atoms with Crippen LogP contribution in [0.1, 0.15) is 12.8 Å². The molecule has 0 spiro atoms. The number of carbonyl (C=O) groups is 1. The maximum atomic E-state index is 11.2. The number of hydrogen-bond donors (Lipinski definition) is 3. The number of pyridine rings is 1. The third kappa shape index (κ3) is 3.43. The molecule has 0 bridgehead atoms. The van der Waals surface area contributed by atoms with Crippen LogP contribution in [0.2, 0.25) is 0 Å². The molecule has 1 aromatic rings. The summed E-state index contributed by atoms with van der Waals surface area (Å²) in [6.07, 6.45) is 2.21. The Kier molecular flexibility index (Phi) is 3.87. The van der Waals surface area contributed by atoms with E-state index in [0.29, 0.717) is 18.7 Å². The van der Waals surface area contributed by atoms with Crippen molar-refractivity contribution in [2.75, 3.05) is 18.0 Å². The van der Waals surface area contributed by atoms with E-state index in [4.69, 9.17) is 21.9 Å². The number of nitrogens with zero attached hydrogens (tertiary/aromatic N) is 1. The van der Waals surface area contributed by atoms with Crippen molar-refractivity contribution in [1.82, 2.24) is 4.98 Å². The van der Waals surface area contributed by atoms with Crippen LogP contribution in [0.15, 0.2) is 12.3 Å². The van der Waals surface area contributed by atoms with E-state index in [9.17, 15) is 4.79 Å². The molecule has 1 aromatic heterocycles. The number of anilines is 2. The highest BCUT2D eigenvalue weighted by Gasteiger charge is 2.08. The molecule has 0 aliphatic rings. The van der Waals surface area contributed by atoms with Crippen LogP contribution in [0.25, 0.3) is 0 Å². The molecule has 0 aliphatic carbocycles. The van der Waals surface area contributed by atoms with Crippen LogP contribution >= 0.6 is 0 Å². The lowest BCUT2D eigenvalue weighted by Crippen LogP contribution is -2.12. The Hall–Kier alpha value is -1.82. The van der Waals surface area contributed by atoms with Gasteiger partial charge in [-0.15, -0.1) is 0 Å². The van der Waals surface area contributed by atoms with Crippen molar-refractivity contribution in [3.05, 3.63) is 12.3 Å². The van der Waals surface area contributed by atoms with Gasteiger partial charge in [0.05, 0.1) is 17.6 Å². The molecule has 0 amide bonds. The number of nitrogens with two attached hydrogens (primary N) is 3. The van der Waals surface area contributed by atoms with Crippen LogP contribution in [0.3, 0.4) is 0 Å². The number of aromatic nitrogens is 1. The fraction of sp³-hybridized carbons (Fsp3) is 0.333. The largest absolute Gasteiger partial charge is 0.405 e. The average Bonchev–Trinajstić information content (AvgIpc) is 2.19. The number of hydrogen-bond acceptors (Lipinski definition) is 6. The topological polar surface area (TPSA) is 117 Å². The first-order valence-electron chi connectivity index (χ1n) is 4.55. The number of ether oxygens (including phenoxy) is 1. The Morgan fingerprint density at radius 1 is 1.47 bits per heavy atom. The molecule has 6 heteroatoms. The molecule has 0 aromatic carbocycles. The third-order valence-corrected chi connectivity index (χ3v) is 1.70. The van der Waals surface area contributed by atoms with Gasteiger partial charge >= 0.3 is 5.97 Å². The minimum absolute atomic E-state index is 0.0891. The molecule has 82 valence electrons. The molecule has 15 heavy (non-hydrogen) atoms. The molecule has 1 heterocycles. The van der Waals surface area contributed by atoms with Crippen molar-refractivity contribution in [2.24, 2.45) is 5.73 Å². The van der Waals surface area contributed by atoms with Gasteiger partial charge in [-0.05, 0) is 19.0 Å². The summed E-state index contributed by atoms with van der Waals surface area (Å²) < 4.78 is 4.92. The van der Waals surface area contributed by atoms with E-state index >= 15 is 0 Å². The Labute approximate surface area is 87.4 Å². The maximum Gasteiger partial charge on any atom is 0.312 e. The standard InChI is InChI=1S/C9H14N4O2/c10-3-1-2-8(14)15-9-7(12)4-6(11)5-13-9/h4-5H,1-3,10-12H2. The molecule has 0 saturated heterocycles. The summed E-state index contributed by atoms with van der Waals surface area (Å²) in [6.45, 7) is 0.444. The van der Waals surface area contributed by atoms with Gasteiger partial charge in [0.25, 0.3) is 0 Å². The van der Waals surface area contributed by atoms with E-state index in [2.05, 4.69) is 4.98 Å². The Bertz CT molecular complexity index is 354. The zero-order valence-corrected chi connectivity index (χ0v) is 8.27. The highest BCUT2D eigenvalue weighted by atomic mass is 16.5. The zero-order chi connectivity index (χ0) is 11.3.